The minimum atomic E-state index is -2.27. The molecule has 2 saturated carbocycles. The van der Waals surface area contributed by atoms with Gasteiger partial charge < -0.3 is 19.7 Å². The van der Waals surface area contributed by atoms with Crippen molar-refractivity contribution >= 4 is 23.9 Å². The van der Waals surface area contributed by atoms with Crippen molar-refractivity contribution in [3.05, 3.63) is 0 Å². The lowest BCUT2D eigenvalue weighted by molar-refractivity contribution is -0.181. The number of hydrogen-bond donors (Lipinski definition) is 2. The van der Waals surface area contributed by atoms with Gasteiger partial charge in [0.15, 0.2) is 12.2 Å². The van der Waals surface area contributed by atoms with Crippen molar-refractivity contribution in [3.63, 3.8) is 0 Å². The summed E-state index contributed by atoms with van der Waals surface area (Å²) in [5.74, 6) is -5.22. The van der Waals surface area contributed by atoms with E-state index in [-0.39, 0.29) is 11.8 Å². The molecule has 2 unspecified atom stereocenters. The fourth-order valence-corrected chi connectivity index (χ4v) is 1.38. The highest BCUT2D eigenvalue weighted by Crippen LogP contribution is 2.31. The first kappa shape index (κ1) is 14.6. The van der Waals surface area contributed by atoms with Crippen LogP contribution >= 0.6 is 0 Å². The molecule has 0 aromatic heterocycles. The number of esters is 4. The highest BCUT2D eigenvalue weighted by molar-refractivity contribution is 5.95. The van der Waals surface area contributed by atoms with Gasteiger partial charge in [-0.25, -0.2) is 9.59 Å². The lowest BCUT2D eigenvalue weighted by Crippen LogP contribution is -2.43. The van der Waals surface area contributed by atoms with Crippen molar-refractivity contribution in [2.75, 3.05) is 0 Å². The van der Waals surface area contributed by atoms with E-state index >= 15 is 0 Å². The van der Waals surface area contributed by atoms with E-state index < -0.39 is 36.1 Å². The number of carbonyl (C=O) groups excluding carboxylic acids is 4. The molecular formula is C12H14O8. The first-order chi connectivity index (χ1) is 9.40. The Labute approximate surface area is 113 Å². The Hall–Kier alpha value is -1.80. The first-order valence-corrected chi connectivity index (χ1v) is 6.27. The third-order valence-electron chi connectivity index (χ3n) is 3.01. The van der Waals surface area contributed by atoms with Gasteiger partial charge in [-0.3, -0.25) is 9.59 Å². The molecule has 0 heterocycles. The van der Waals surface area contributed by atoms with Gasteiger partial charge in [0.05, 0.1) is 11.8 Å². The minimum Gasteiger partial charge on any atom is -0.391 e. The molecular weight excluding hydrogens is 272 g/mol. The second-order valence-electron chi connectivity index (χ2n) is 4.92. The van der Waals surface area contributed by atoms with E-state index in [1.54, 1.807) is 0 Å². The standard InChI is InChI=1S/C12H14O8/c13-7(11(17)19-9(15)5-1-2-5)8(14)12(18)20-10(16)6-3-4-6/h5-8,13-14H,1-4H2. The summed E-state index contributed by atoms with van der Waals surface area (Å²) in [6.45, 7) is 0. The van der Waals surface area contributed by atoms with Gasteiger partial charge in [0.25, 0.3) is 0 Å². The van der Waals surface area contributed by atoms with Crippen LogP contribution in [0.1, 0.15) is 25.7 Å². The molecule has 0 aliphatic heterocycles. The lowest BCUT2D eigenvalue weighted by atomic mass is 10.2. The summed E-state index contributed by atoms with van der Waals surface area (Å²) in [6.07, 6.45) is -2.13. The van der Waals surface area contributed by atoms with Crippen LogP contribution in [0.5, 0.6) is 0 Å². The number of rotatable bonds is 5. The van der Waals surface area contributed by atoms with Crippen LogP contribution in [-0.2, 0) is 28.7 Å². The van der Waals surface area contributed by atoms with Gasteiger partial charge in [-0.05, 0) is 25.7 Å². The van der Waals surface area contributed by atoms with Gasteiger partial charge >= 0.3 is 23.9 Å². The third-order valence-corrected chi connectivity index (χ3v) is 3.01. The lowest BCUT2D eigenvalue weighted by Gasteiger charge is -2.14. The molecule has 2 fully saturated rings. The Morgan fingerprint density at radius 3 is 1.30 bits per heavy atom. The summed E-state index contributed by atoms with van der Waals surface area (Å²) < 4.78 is 8.58. The number of carbonyl (C=O) groups is 4. The summed E-state index contributed by atoms with van der Waals surface area (Å²) in [5, 5.41) is 18.8. The van der Waals surface area contributed by atoms with Crippen LogP contribution in [0.2, 0.25) is 0 Å². The Kier molecular flexibility index (Phi) is 4.15. The van der Waals surface area contributed by atoms with Gasteiger partial charge in [-0.2, -0.15) is 0 Å². The molecule has 2 N–H and O–H groups in total. The van der Waals surface area contributed by atoms with Gasteiger partial charge in [-0.15, -0.1) is 0 Å². The van der Waals surface area contributed by atoms with Crippen LogP contribution in [-0.4, -0.2) is 46.3 Å². The van der Waals surface area contributed by atoms with E-state index in [4.69, 9.17) is 0 Å². The van der Waals surface area contributed by atoms with Crippen LogP contribution in [0, 0.1) is 11.8 Å². The molecule has 0 amide bonds. The number of ether oxygens (including phenoxy) is 2. The molecule has 2 atom stereocenters. The van der Waals surface area contributed by atoms with E-state index in [2.05, 4.69) is 9.47 Å². The van der Waals surface area contributed by atoms with Crippen LogP contribution in [0.25, 0.3) is 0 Å². The van der Waals surface area contributed by atoms with Crippen LogP contribution in [0.4, 0.5) is 0 Å². The maximum atomic E-state index is 11.3. The molecule has 2 rings (SSSR count). The molecule has 0 radical (unpaired) electrons. The molecule has 0 saturated heterocycles. The van der Waals surface area contributed by atoms with Gasteiger partial charge in [0.2, 0.25) is 0 Å². The van der Waals surface area contributed by atoms with Gasteiger partial charge in [0.1, 0.15) is 0 Å². The number of aliphatic hydroxyl groups is 2. The zero-order valence-electron chi connectivity index (χ0n) is 10.5. The molecule has 2 aliphatic rings. The molecule has 2 aliphatic carbocycles. The number of aliphatic hydroxyl groups excluding tert-OH is 2. The highest BCUT2D eigenvalue weighted by atomic mass is 16.6. The van der Waals surface area contributed by atoms with Gasteiger partial charge in [0, 0.05) is 0 Å². The van der Waals surface area contributed by atoms with E-state index in [1.807, 2.05) is 0 Å². The topological polar surface area (TPSA) is 127 Å². The van der Waals surface area contributed by atoms with Crippen molar-refractivity contribution in [2.24, 2.45) is 11.8 Å². The fourth-order valence-electron chi connectivity index (χ4n) is 1.38. The molecule has 0 spiro atoms. The second-order valence-corrected chi connectivity index (χ2v) is 4.92. The Bertz CT molecular complexity index is 406. The summed E-state index contributed by atoms with van der Waals surface area (Å²) in [5.41, 5.74) is 0. The van der Waals surface area contributed by atoms with E-state index in [0.29, 0.717) is 25.7 Å². The third kappa shape index (κ3) is 3.61. The summed E-state index contributed by atoms with van der Waals surface area (Å²) >= 11 is 0. The van der Waals surface area contributed by atoms with E-state index in [1.165, 1.54) is 0 Å². The Balaban J connectivity index is 1.81. The van der Waals surface area contributed by atoms with E-state index in [9.17, 15) is 29.4 Å². The summed E-state index contributed by atoms with van der Waals surface area (Å²) in [6, 6.07) is 0. The largest absolute Gasteiger partial charge is 0.391 e. The van der Waals surface area contributed by atoms with Gasteiger partial charge in [-0.1, -0.05) is 0 Å². The second kappa shape index (κ2) is 5.68. The molecule has 0 aromatic carbocycles. The van der Waals surface area contributed by atoms with Crippen LogP contribution < -0.4 is 0 Å². The fraction of sp³-hybridized carbons (Fsp3) is 0.667. The average Bonchev–Trinajstić information content (AvgIpc) is 3.28. The monoisotopic (exact) mass is 286 g/mol. The molecule has 110 valence electrons. The predicted octanol–water partition coefficient (Wildman–Crippen LogP) is -1.33. The van der Waals surface area contributed by atoms with Crippen molar-refractivity contribution < 1.29 is 38.9 Å². The SMILES string of the molecule is O=C(OC(=O)C(O)C(O)C(=O)OC(=O)C1CC1)C1CC1. The molecule has 0 bridgehead atoms. The average molecular weight is 286 g/mol. The van der Waals surface area contributed by atoms with Crippen molar-refractivity contribution in [3.8, 4) is 0 Å². The van der Waals surface area contributed by atoms with Crippen LogP contribution in [0.15, 0.2) is 0 Å². The quantitative estimate of drug-likeness (QED) is 0.470. The van der Waals surface area contributed by atoms with Crippen LogP contribution in [0.3, 0.4) is 0 Å². The maximum absolute atomic E-state index is 11.3. The Morgan fingerprint density at radius 1 is 0.750 bits per heavy atom. The zero-order valence-corrected chi connectivity index (χ0v) is 10.5. The molecule has 0 aromatic rings. The smallest absolute Gasteiger partial charge is 0.346 e. The Morgan fingerprint density at radius 2 is 1.05 bits per heavy atom. The summed E-state index contributed by atoms with van der Waals surface area (Å²) in [7, 11) is 0. The normalized spacial score (nSPS) is 20.7. The summed E-state index contributed by atoms with van der Waals surface area (Å²) in [4.78, 5) is 45.0. The molecule has 8 heteroatoms. The minimum absolute atomic E-state index is 0.369. The van der Waals surface area contributed by atoms with Crippen molar-refractivity contribution in [1.82, 2.24) is 0 Å². The maximum Gasteiger partial charge on any atom is 0.346 e. The van der Waals surface area contributed by atoms with Crippen molar-refractivity contribution in [1.29, 1.82) is 0 Å². The first-order valence-electron chi connectivity index (χ1n) is 6.27. The van der Waals surface area contributed by atoms with E-state index in [0.717, 1.165) is 0 Å². The zero-order chi connectivity index (χ0) is 14.9. The predicted molar refractivity (Wildman–Crippen MR) is 59.7 cm³/mol. The molecule has 8 nitrogen and oxygen atoms in total. The highest BCUT2D eigenvalue weighted by Gasteiger charge is 2.40. The number of hydrogen-bond acceptors (Lipinski definition) is 8. The van der Waals surface area contributed by atoms with Crippen molar-refractivity contribution in [2.45, 2.75) is 37.9 Å². The molecule has 20 heavy (non-hydrogen) atoms.